The number of nitrogens with zero attached hydrogens (tertiary/aromatic N) is 3. The fraction of sp³-hybridized carbons (Fsp3) is 0.405. The minimum atomic E-state index is -1.07. The van der Waals surface area contributed by atoms with Crippen LogP contribution in [0.25, 0.3) is 11.6 Å². The number of halogens is 1. The van der Waals surface area contributed by atoms with Crippen LogP contribution >= 0.6 is 0 Å². The van der Waals surface area contributed by atoms with Crippen LogP contribution < -0.4 is 21.3 Å². The van der Waals surface area contributed by atoms with E-state index < -0.39 is 35.5 Å². The molecule has 16 heteroatoms. The van der Waals surface area contributed by atoms with E-state index in [1.807, 2.05) is 6.92 Å². The molecule has 7 rings (SSSR count). The Kier molecular flexibility index (Phi) is 12.2. The molecule has 5 N–H and O–H groups in total. The summed E-state index contributed by atoms with van der Waals surface area (Å²) < 4.78 is 13.8. The predicted molar refractivity (Wildman–Crippen MR) is 214 cm³/mol. The maximum atomic E-state index is 13.8. The number of hydrogen-bond donors (Lipinski definition) is 5. The van der Waals surface area contributed by atoms with E-state index in [2.05, 4.69) is 36.1 Å². The number of aromatic amines is 1. The third-order valence-corrected chi connectivity index (χ3v) is 11.2. The Balaban J connectivity index is 0.755. The van der Waals surface area contributed by atoms with E-state index >= 15 is 0 Å². The number of fused-ring (bicyclic) bond motifs is 2. The number of unbranched alkanes of at least 4 members (excludes halogenated alkanes) is 5. The van der Waals surface area contributed by atoms with Crippen LogP contribution in [0.5, 0.6) is 0 Å². The zero-order valence-electron chi connectivity index (χ0n) is 32.4. The van der Waals surface area contributed by atoms with Crippen molar-refractivity contribution >= 4 is 70.1 Å². The lowest BCUT2D eigenvalue weighted by molar-refractivity contribution is -0.136. The molecule has 2 saturated heterocycles. The Morgan fingerprint density at radius 2 is 1.55 bits per heavy atom. The van der Waals surface area contributed by atoms with Gasteiger partial charge in [-0.2, -0.15) is 0 Å². The molecule has 0 saturated carbocycles. The summed E-state index contributed by atoms with van der Waals surface area (Å²) in [5.74, 6) is -3.51. The van der Waals surface area contributed by atoms with Crippen molar-refractivity contribution < 1.29 is 38.0 Å². The van der Waals surface area contributed by atoms with Crippen LogP contribution in [0.3, 0.4) is 0 Å². The van der Waals surface area contributed by atoms with Crippen molar-refractivity contribution in [2.24, 2.45) is 0 Å². The summed E-state index contributed by atoms with van der Waals surface area (Å²) in [6, 6.07) is 7.74. The molecule has 0 bridgehead atoms. The zero-order chi connectivity index (χ0) is 40.9. The number of benzene rings is 2. The van der Waals surface area contributed by atoms with E-state index in [1.165, 1.54) is 24.3 Å². The van der Waals surface area contributed by atoms with Gasteiger partial charge in [0.05, 0.1) is 34.6 Å². The summed E-state index contributed by atoms with van der Waals surface area (Å²) in [5.41, 5.74) is 3.90. The molecular formula is C42H47FN8O7. The third-order valence-electron chi connectivity index (χ3n) is 11.2. The van der Waals surface area contributed by atoms with Gasteiger partial charge in [-0.25, -0.2) is 4.39 Å². The molecular weight excluding hydrogens is 748 g/mol. The summed E-state index contributed by atoms with van der Waals surface area (Å²) in [7, 11) is 0. The van der Waals surface area contributed by atoms with E-state index in [0.717, 1.165) is 75.3 Å². The van der Waals surface area contributed by atoms with Gasteiger partial charge in [0.1, 0.15) is 11.9 Å². The second-order valence-electron chi connectivity index (χ2n) is 15.2. The lowest BCUT2D eigenvalue weighted by atomic mass is 10.0. The van der Waals surface area contributed by atoms with Crippen molar-refractivity contribution in [1.82, 2.24) is 25.0 Å². The molecule has 5 heterocycles. The van der Waals surface area contributed by atoms with Gasteiger partial charge in [0.15, 0.2) is 0 Å². The first kappa shape index (κ1) is 40.2. The van der Waals surface area contributed by atoms with Crippen LogP contribution in [-0.2, 0) is 24.0 Å². The van der Waals surface area contributed by atoms with E-state index in [0.29, 0.717) is 34.6 Å². The van der Waals surface area contributed by atoms with Gasteiger partial charge in [0, 0.05) is 62.2 Å². The van der Waals surface area contributed by atoms with Crippen LogP contribution in [-0.4, -0.2) is 106 Å². The van der Waals surface area contributed by atoms with Crippen LogP contribution in [0.15, 0.2) is 42.6 Å². The van der Waals surface area contributed by atoms with Crippen molar-refractivity contribution in [1.29, 1.82) is 0 Å². The quantitative estimate of drug-likeness (QED) is 0.0849. The average molecular weight is 795 g/mol. The molecule has 2 fully saturated rings. The zero-order valence-corrected chi connectivity index (χ0v) is 32.4. The highest BCUT2D eigenvalue weighted by atomic mass is 19.1. The molecule has 0 aliphatic carbocycles. The number of H-pyrrole nitrogens is 1. The molecule has 1 atom stereocenters. The smallest absolute Gasteiger partial charge is 0.264 e. The van der Waals surface area contributed by atoms with E-state index in [-0.39, 0.29) is 60.3 Å². The van der Waals surface area contributed by atoms with Crippen molar-refractivity contribution in [3.8, 4) is 0 Å². The Labute approximate surface area is 334 Å². The summed E-state index contributed by atoms with van der Waals surface area (Å²) >= 11 is 0. The van der Waals surface area contributed by atoms with Crippen molar-refractivity contribution in [3.63, 3.8) is 0 Å². The van der Waals surface area contributed by atoms with E-state index in [9.17, 15) is 38.0 Å². The standard InChI is InChI=1S/C42H47FN8O7/c1-25-32(22-29-28-21-26(43)12-13-30(28)47-39(29)55)44-23-33(25)46-37(54)24-50-19-17-49(18-20-50)16-7-5-3-2-4-6-11-35(52)45-31-10-8-9-27-38(31)42(58)51(41(27)57)34-14-15-36(53)48-40(34)56/h8-10,12-13,21-23,34,44H,2-7,11,14-20,24H2,1H3,(H,45,52)(H,46,54)(H,47,55)(H,48,53,56)/b29-22-. The fourth-order valence-electron chi connectivity index (χ4n) is 7.96. The molecule has 0 radical (unpaired) electrons. The second-order valence-corrected chi connectivity index (χ2v) is 15.2. The predicted octanol–water partition coefficient (Wildman–Crippen LogP) is 4.28. The van der Waals surface area contributed by atoms with Gasteiger partial charge >= 0.3 is 0 Å². The van der Waals surface area contributed by atoms with Crippen LogP contribution in [0.2, 0.25) is 0 Å². The van der Waals surface area contributed by atoms with Crippen molar-refractivity contribution in [3.05, 3.63) is 76.4 Å². The topological polar surface area (TPSA) is 193 Å². The monoisotopic (exact) mass is 794 g/mol. The number of hydrogen-bond acceptors (Lipinski definition) is 9. The van der Waals surface area contributed by atoms with Crippen molar-refractivity contribution in [2.75, 3.05) is 55.2 Å². The second kappa shape index (κ2) is 17.6. The largest absolute Gasteiger partial charge is 0.360 e. The first-order chi connectivity index (χ1) is 28.0. The van der Waals surface area contributed by atoms with Crippen LogP contribution in [0, 0.1) is 12.7 Å². The molecule has 1 unspecified atom stereocenters. The molecule has 4 aliphatic rings. The number of nitrogens with one attached hydrogen (secondary N) is 5. The van der Waals surface area contributed by atoms with Crippen LogP contribution in [0.1, 0.15) is 95.3 Å². The number of aromatic nitrogens is 1. The van der Waals surface area contributed by atoms with Crippen molar-refractivity contribution in [2.45, 2.75) is 70.8 Å². The maximum absolute atomic E-state index is 13.8. The number of piperazine rings is 1. The van der Waals surface area contributed by atoms with Gasteiger partial charge in [-0.05, 0) is 74.7 Å². The molecule has 58 heavy (non-hydrogen) atoms. The highest BCUT2D eigenvalue weighted by Gasteiger charge is 2.45. The molecule has 1 aromatic heterocycles. The molecule has 0 spiro atoms. The number of anilines is 3. The molecule has 2 aromatic carbocycles. The van der Waals surface area contributed by atoms with Gasteiger partial charge in [0.2, 0.25) is 23.6 Å². The summed E-state index contributed by atoms with van der Waals surface area (Å²) in [6.07, 6.45) is 9.49. The highest BCUT2D eigenvalue weighted by Crippen LogP contribution is 2.35. The van der Waals surface area contributed by atoms with Gasteiger partial charge in [-0.3, -0.25) is 48.7 Å². The van der Waals surface area contributed by atoms with Gasteiger partial charge in [0.25, 0.3) is 17.7 Å². The lowest BCUT2D eigenvalue weighted by Crippen LogP contribution is -2.54. The fourth-order valence-corrected chi connectivity index (χ4v) is 7.96. The van der Waals surface area contributed by atoms with E-state index in [4.69, 9.17) is 0 Å². The van der Waals surface area contributed by atoms with Gasteiger partial charge in [-0.1, -0.05) is 31.7 Å². The van der Waals surface area contributed by atoms with Crippen LogP contribution in [0.4, 0.5) is 21.5 Å². The molecule has 304 valence electrons. The lowest BCUT2D eigenvalue weighted by Gasteiger charge is -2.34. The molecule has 7 amide bonds. The summed E-state index contributed by atoms with van der Waals surface area (Å²) in [5, 5.41) is 10.7. The first-order valence-corrected chi connectivity index (χ1v) is 19.9. The Morgan fingerprint density at radius 3 is 2.33 bits per heavy atom. The Morgan fingerprint density at radius 1 is 0.828 bits per heavy atom. The first-order valence-electron chi connectivity index (χ1n) is 19.9. The SMILES string of the molecule is Cc1c(NC(=O)CN2CCN(CCCCCCCCC(=O)Nc3cccc4c3C(=O)N(C3CCC(=O)NC3=O)C4=O)CC2)c[nH]c1/C=C1\C(=O)Nc2ccc(F)cc21. The number of rotatable bonds is 15. The molecule has 15 nitrogen and oxygen atoms in total. The highest BCUT2D eigenvalue weighted by molar-refractivity contribution is 6.35. The molecule has 3 aromatic rings. The number of amides is 7. The number of piperidine rings is 1. The minimum Gasteiger partial charge on any atom is -0.360 e. The molecule has 4 aliphatic heterocycles. The average Bonchev–Trinajstić information content (AvgIpc) is 3.79. The van der Waals surface area contributed by atoms with Gasteiger partial charge in [-0.15, -0.1) is 0 Å². The third kappa shape index (κ3) is 8.92. The number of imide groups is 2. The maximum Gasteiger partial charge on any atom is 0.264 e. The minimum absolute atomic E-state index is 0.0293. The Bertz CT molecular complexity index is 2190. The number of carbonyl (C=O) groups excluding carboxylic acids is 7. The Hall–Kier alpha value is -6.00. The normalized spacial score (nSPS) is 19.0. The summed E-state index contributed by atoms with van der Waals surface area (Å²) in [6.45, 7) is 6.46. The van der Waals surface area contributed by atoms with Gasteiger partial charge < -0.3 is 25.8 Å². The van der Waals surface area contributed by atoms with E-state index in [1.54, 1.807) is 24.4 Å². The summed E-state index contributed by atoms with van der Waals surface area (Å²) in [4.78, 5) is 97.1. The number of carbonyl (C=O) groups is 7.